The molecule has 0 N–H and O–H groups in total. The number of para-hydroxylation sites is 2. The molecule has 188 valence electrons. The van der Waals surface area contributed by atoms with Crippen molar-refractivity contribution in [3.05, 3.63) is 127 Å². The molecule has 0 saturated heterocycles. The van der Waals surface area contributed by atoms with Crippen LogP contribution in [-0.4, -0.2) is 15.0 Å². The fraction of sp³-hybridized carbons (Fsp3) is 0. The third-order valence-corrected chi connectivity index (χ3v) is 8.27. The van der Waals surface area contributed by atoms with Gasteiger partial charge in [-0.25, -0.2) is 15.0 Å². The first kappa shape index (κ1) is 22.8. The summed E-state index contributed by atoms with van der Waals surface area (Å²) in [7, 11) is 0. The second-order valence-electron chi connectivity index (χ2n) is 9.64. The third-order valence-electron chi connectivity index (χ3n) is 7.15. The predicted octanol–water partition coefficient (Wildman–Crippen LogP) is 9.65. The summed E-state index contributed by atoms with van der Waals surface area (Å²) in [6.45, 7) is 0. The zero-order chi connectivity index (χ0) is 26.5. The van der Waals surface area contributed by atoms with Gasteiger partial charge in [-0.2, -0.15) is 0 Å². The summed E-state index contributed by atoms with van der Waals surface area (Å²) in [4.78, 5) is 15.1. The van der Waals surface area contributed by atoms with E-state index in [1.165, 1.54) is 9.40 Å². The highest BCUT2D eigenvalue weighted by Gasteiger charge is 2.20. The van der Waals surface area contributed by atoms with Gasteiger partial charge in [0.1, 0.15) is 5.52 Å². The lowest BCUT2D eigenvalue weighted by atomic mass is 10.0. The van der Waals surface area contributed by atoms with E-state index in [0.717, 1.165) is 55.5 Å². The van der Waals surface area contributed by atoms with Gasteiger partial charge in [-0.3, -0.25) is 0 Å². The zero-order valence-corrected chi connectivity index (χ0v) is 22.1. The topological polar surface area (TPSA) is 51.8 Å². The van der Waals surface area contributed by atoms with E-state index in [1.807, 2.05) is 60.7 Å². The standard InChI is InChI=1S/C35H21N3OS/c1-3-11-22(12-4-1)27-21-28(23-13-5-2-6-14-23)37-34(36-27)24-15-9-19-30-32(24)33-25(16-10-20-31(33)40-30)35-38-26-17-7-8-18-29(26)39-35/h1-21H. The number of hydrogen-bond acceptors (Lipinski definition) is 5. The Morgan fingerprint density at radius 3 is 1.73 bits per heavy atom. The lowest BCUT2D eigenvalue weighted by Crippen LogP contribution is -1.96. The highest BCUT2D eigenvalue weighted by molar-refractivity contribution is 7.26. The number of hydrogen-bond donors (Lipinski definition) is 0. The molecule has 8 aromatic rings. The summed E-state index contributed by atoms with van der Waals surface area (Å²) in [6.07, 6.45) is 0. The van der Waals surface area contributed by atoms with Crippen molar-refractivity contribution < 1.29 is 4.42 Å². The van der Waals surface area contributed by atoms with Crippen LogP contribution in [0, 0.1) is 0 Å². The quantitative estimate of drug-likeness (QED) is 0.227. The Labute approximate surface area is 234 Å². The zero-order valence-electron chi connectivity index (χ0n) is 21.3. The van der Waals surface area contributed by atoms with E-state index in [-0.39, 0.29) is 0 Å². The molecule has 40 heavy (non-hydrogen) atoms. The lowest BCUT2D eigenvalue weighted by Gasteiger charge is -2.11. The Morgan fingerprint density at radius 2 is 1.07 bits per heavy atom. The van der Waals surface area contributed by atoms with Crippen LogP contribution in [0.1, 0.15) is 0 Å². The third kappa shape index (κ3) is 3.79. The second-order valence-corrected chi connectivity index (χ2v) is 10.7. The highest BCUT2D eigenvalue weighted by Crippen LogP contribution is 2.44. The van der Waals surface area contributed by atoms with Gasteiger partial charge < -0.3 is 4.42 Å². The average molecular weight is 532 g/mol. The smallest absolute Gasteiger partial charge is 0.227 e. The number of thiophene rings is 1. The van der Waals surface area contributed by atoms with E-state index in [1.54, 1.807) is 11.3 Å². The van der Waals surface area contributed by atoms with Crippen molar-refractivity contribution in [1.29, 1.82) is 0 Å². The van der Waals surface area contributed by atoms with Crippen LogP contribution in [0.15, 0.2) is 132 Å². The number of oxazole rings is 1. The van der Waals surface area contributed by atoms with Crippen molar-refractivity contribution in [2.75, 3.05) is 0 Å². The first-order valence-corrected chi connectivity index (χ1v) is 13.9. The van der Waals surface area contributed by atoms with Crippen LogP contribution in [0.3, 0.4) is 0 Å². The van der Waals surface area contributed by atoms with E-state index < -0.39 is 0 Å². The summed E-state index contributed by atoms with van der Waals surface area (Å²) >= 11 is 1.76. The predicted molar refractivity (Wildman–Crippen MR) is 164 cm³/mol. The Morgan fingerprint density at radius 1 is 0.500 bits per heavy atom. The van der Waals surface area contributed by atoms with Gasteiger partial charge in [0.2, 0.25) is 5.89 Å². The number of aromatic nitrogens is 3. The van der Waals surface area contributed by atoms with E-state index in [2.05, 4.69) is 66.7 Å². The molecule has 0 spiro atoms. The van der Waals surface area contributed by atoms with Crippen LogP contribution < -0.4 is 0 Å². The van der Waals surface area contributed by atoms with Gasteiger partial charge in [0.25, 0.3) is 0 Å². The minimum atomic E-state index is 0.616. The number of fused-ring (bicyclic) bond motifs is 4. The van der Waals surface area contributed by atoms with Crippen molar-refractivity contribution >= 4 is 42.6 Å². The first-order chi connectivity index (χ1) is 19.8. The maximum Gasteiger partial charge on any atom is 0.227 e. The Hall–Kier alpha value is -5.13. The van der Waals surface area contributed by atoms with Crippen LogP contribution in [0.5, 0.6) is 0 Å². The highest BCUT2D eigenvalue weighted by atomic mass is 32.1. The molecule has 0 bridgehead atoms. The van der Waals surface area contributed by atoms with Crippen LogP contribution in [0.2, 0.25) is 0 Å². The van der Waals surface area contributed by atoms with Gasteiger partial charge in [0, 0.05) is 42.4 Å². The first-order valence-electron chi connectivity index (χ1n) is 13.1. The van der Waals surface area contributed by atoms with E-state index in [4.69, 9.17) is 19.4 Å². The van der Waals surface area contributed by atoms with Gasteiger partial charge in [-0.15, -0.1) is 11.3 Å². The van der Waals surface area contributed by atoms with Crippen molar-refractivity contribution in [3.63, 3.8) is 0 Å². The molecule has 8 rings (SSSR count). The maximum absolute atomic E-state index is 6.24. The molecular formula is C35H21N3OS. The Kier molecular flexibility index (Phi) is 5.28. The van der Waals surface area contributed by atoms with Crippen LogP contribution >= 0.6 is 11.3 Å². The molecular weight excluding hydrogens is 510 g/mol. The summed E-state index contributed by atoms with van der Waals surface area (Å²) in [6, 6.07) is 43.2. The lowest BCUT2D eigenvalue weighted by molar-refractivity contribution is 0.620. The van der Waals surface area contributed by atoms with Gasteiger partial charge >= 0.3 is 0 Å². The molecule has 0 radical (unpaired) electrons. The fourth-order valence-corrected chi connectivity index (χ4v) is 6.46. The fourth-order valence-electron chi connectivity index (χ4n) is 5.30. The molecule has 3 aromatic heterocycles. The molecule has 0 atom stereocenters. The second kappa shape index (κ2) is 9.26. The number of nitrogens with zero attached hydrogens (tertiary/aromatic N) is 3. The Bertz CT molecular complexity index is 2070. The number of rotatable bonds is 4. The van der Waals surface area contributed by atoms with E-state index in [0.29, 0.717) is 11.7 Å². The summed E-state index contributed by atoms with van der Waals surface area (Å²) in [5.41, 5.74) is 7.47. The van der Waals surface area contributed by atoms with Crippen molar-refractivity contribution in [3.8, 4) is 45.4 Å². The van der Waals surface area contributed by atoms with Gasteiger partial charge in [0.05, 0.1) is 11.4 Å². The molecule has 0 fully saturated rings. The van der Waals surface area contributed by atoms with Crippen molar-refractivity contribution in [1.82, 2.24) is 15.0 Å². The molecule has 0 unspecified atom stereocenters. The minimum absolute atomic E-state index is 0.616. The summed E-state index contributed by atoms with van der Waals surface area (Å²) in [5.74, 6) is 1.31. The maximum atomic E-state index is 6.24. The number of benzene rings is 5. The summed E-state index contributed by atoms with van der Waals surface area (Å²) < 4.78 is 8.59. The van der Waals surface area contributed by atoms with Crippen LogP contribution in [0.25, 0.3) is 76.6 Å². The largest absolute Gasteiger partial charge is 0.436 e. The molecule has 5 heteroatoms. The molecule has 0 amide bonds. The molecule has 5 aromatic carbocycles. The van der Waals surface area contributed by atoms with Gasteiger partial charge in [-0.1, -0.05) is 91.0 Å². The average Bonchev–Trinajstić information content (AvgIpc) is 3.63. The molecule has 0 aliphatic carbocycles. The normalized spacial score (nSPS) is 11.5. The SMILES string of the molecule is c1ccc(-c2cc(-c3ccccc3)nc(-c3cccc4sc5cccc(-c6nc7ccccc7o6)c5c34)n2)cc1. The minimum Gasteiger partial charge on any atom is -0.436 e. The monoisotopic (exact) mass is 531 g/mol. The van der Waals surface area contributed by atoms with Gasteiger partial charge in [-0.05, 0) is 36.4 Å². The summed E-state index contributed by atoms with van der Waals surface area (Å²) in [5, 5.41) is 2.23. The van der Waals surface area contributed by atoms with Crippen molar-refractivity contribution in [2.24, 2.45) is 0 Å². The molecule has 0 saturated carbocycles. The van der Waals surface area contributed by atoms with E-state index in [9.17, 15) is 0 Å². The van der Waals surface area contributed by atoms with Crippen LogP contribution in [-0.2, 0) is 0 Å². The molecule has 0 aliphatic heterocycles. The molecule has 0 aliphatic rings. The molecule has 4 nitrogen and oxygen atoms in total. The molecule has 3 heterocycles. The van der Waals surface area contributed by atoms with Gasteiger partial charge in [0.15, 0.2) is 11.4 Å². The van der Waals surface area contributed by atoms with E-state index >= 15 is 0 Å². The van der Waals surface area contributed by atoms with Crippen molar-refractivity contribution in [2.45, 2.75) is 0 Å². The van der Waals surface area contributed by atoms with Crippen LogP contribution in [0.4, 0.5) is 0 Å². The Balaban J connectivity index is 1.42.